The molecule has 2 aliphatic carbocycles. The van der Waals surface area contributed by atoms with Crippen LogP contribution in [0.5, 0.6) is 0 Å². The van der Waals surface area contributed by atoms with Crippen LogP contribution in [0, 0.1) is 0 Å². The van der Waals surface area contributed by atoms with Gasteiger partial charge in [0.15, 0.2) is 0 Å². The first-order valence-electron chi connectivity index (χ1n) is 16.1. The molecular formula is C40H36N4. The Bertz CT molecular complexity index is 1940. The van der Waals surface area contributed by atoms with Crippen LogP contribution in [0.25, 0.3) is 22.4 Å². The Morgan fingerprint density at radius 1 is 0.591 bits per heavy atom. The van der Waals surface area contributed by atoms with E-state index in [1.165, 1.54) is 44.5 Å². The zero-order valence-corrected chi connectivity index (χ0v) is 25.4. The molecule has 1 spiro atoms. The van der Waals surface area contributed by atoms with Crippen LogP contribution in [0.15, 0.2) is 114 Å². The third-order valence-electron chi connectivity index (χ3n) is 10.5. The van der Waals surface area contributed by atoms with E-state index in [-0.39, 0.29) is 10.8 Å². The Morgan fingerprint density at radius 2 is 1.25 bits per heavy atom. The van der Waals surface area contributed by atoms with Crippen molar-refractivity contribution in [3.05, 3.63) is 143 Å². The minimum atomic E-state index is -0.362. The van der Waals surface area contributed by atoms with E-state index in [0.717, 1.165) is 62.1 Å². The summed E-state index contributed by atoms with van der Waals surface area (Å²) in [5.41, 5.74) is 12.6. The van der Waals surface area contributed by atoms with Gasteiger partial charge in [-0.2, -0.15) is 0 Å². The molecule has 3 heterocycles. The van der Waals surface area contributed by atoms with Crippen LogP contribution >= 0.6 is 0 Å². The molecule has 216 valence electrons. The number of benzene rings is 4. The largest absolute Gasteiger partial charge is 0.342 e. The summed E-state index contributed by atoms with van der Waals surface area (Å²) in [6.07, 6.45) is 2.26. The van der Waals surface area contributed by atoms with Crippen LogP contribution in [0.2, 0.25) is 0 Å². The number of pyridine rings is 1. The van der Waals surface area contributed by atoms with Gasteiger partial charge in [0.2, 0.25) is 5.96 Å². The minimum Gasteiger partial charge on any atom is -0.342 e. The molecule has 0 saturated carbocycles. The van der Waals surface area contributed by atoms with Gasteiger partial charge in [-0.25, -0.2) is 4.98 Å². The van der Waals surface area contributed by atoms with Gasteiger partial charge in [0.25, 0.3) is 0 Å². The van der Waals surface area contributed by atoms with E-state index in [9.17, 15) is 0 Å². The lowest BCUT2D eigenvalue weighted by molar-refractivity contribution is 0.359. The molecule has 4 aromatic carbocycles. The van der Waals surface area contributed by atoms with Gasteiger partial charge >= 0.3 is 0 Å². The number of aromatic nitrogens is 1. The SMILES string of the molecule is CC1(C)c2ccccc2C2(c3ccccc3-c3cc(-c4cccc(N5CCCN6CCCN=C65)n4)ccc32)c2ccccc21. The fraction of sp³-hybridized carbons (Fsp3) is 0.250. The highest BCUT2D eigenvalue weighted by Gasteiger charge is 2.53. The summed E-state index contributed by atoms with van der Waals surface area (Å²) in [6.45, 7) is 8.79. The van der Waals surface area contributed by atoms with Crippen LogP contribution < -0.4 is 4.90 Å². The molecule has 4 nitrogen and oxygen atoms in total. The summed E-state index contributed by atoms with van der Waals surface area (Å²) in [6, 6.07) is 40.8. The number of guanidine groups is 1. The van der Waals surface area contributed by atoms with Gasteiger partial charge in [0, 0.05) is 37.2 Å². The predicted octanol–water partition coefficient (Wildman–Crippen LogP) is 8.02. The van der Waals surface area contributed by atoms with E-state index in [2.05, 4.69) is 133 Å². The number of nitrogens with zero attached hydrogens (tertiary/aromatic N) is 4. The van der Waals surface area contributed by atoms with Crippen molar-refractivity contribution in [2.75, 3.05) is 31.1 Å². The van der Waals surface area contributed by atoms with Gasteiger partial charge in [-0.1, -0.05) is 105 Å². The standard InChI is InChI=1S/C40H36N4/c1-39(2)32-14-5-7-16-34(32)40(35-17-8-6-15-33(35)39)30-13-4-3-12-28(30)29-26-27(20-21-31(29)40)36-18-9-19-37(42-36)44-25-11-24-43-23-10-22-41-38(43)44/h3-9,12-21,26H,10-11,22-25H2,1-2H3. The summed E-state index contributed by atoms with van der Waals surface area (Å²) >= 11 is 0. The van der Waals surface area contributed by atoms with Gasteiger partial charge in [0.1, 0.15) is 5.82 Å². The van der Waals surface area contributed by atoms with Crippen LogP contribution in [-0.2, 0) is 10.8 Å². The number of rotatable bonds is 2. The number of hydrogen-bond acceptors (Lipinski definition) is 4. The minimum absolute atomic E-state index is 0.0902. The average molecular weight is 573 g/mol. The highest BCUT2D eigenvalue weighted by Crippen LogP contribution is 2.62. The van der Waals surface area contributed by atoms with E-state index in [4.69, 9.17) is 9.98 Å². The van der Waals surface area contributed by atoms with Crippen LogP contribution in [0.1, 0.15) is 60.1 Å². The molecule has 1 fully saturated rings. The predicted molar refractivity (Wildman–Crippen MR) is 180 cm³/mol. The molecule has 1 aromatic heterocycles. The molecular weight excluding hydrogens is 536 g/mol. The Hall–Kier alpha value is -4.70. The second kappa shape index (κ2) is 9.40. The van der Waals surface area contributed by atoms with Crippen molar-refractivity contribution in [3.63, 3.8) is 0 Å². The van der Waals surface area contributed by atoms with Crippen molar-refractivity contribution in [1.29, 1.82) is 0 Å². The second-order valence-corrected chi connectivity index (χ2v) is 13.2. The third kappa shape index (κ3) is 3.40. The first-order valence-corrected chi connectivity index (χ1v) is 16.1. The van der Waals surface area contributed by atoms with E-state index in [1.807, 2.05) is 0 Å². The maximum Gasteiger partial charge on any atom is 0.202 e. The normalized spacial score (nSPS) is 18.5. The molecule has 0 amide bonds. The van der Waals surface area contributed by atoms with Crippen molar-refractivity contribution in [1.82, 2.24) is 9.88 Å². The lowest BCUT2D eigenvalue weighted by atomic mass is 9.55. The summed E-state index contributed by atoms with van der Waals surface area (Å²) < 4.78 is 0. The van der Waals surface area contributed by atoms with Crippen LogP contribution in [-0.4, -0.2) is 42.0 Å². The second-order valence-electron chi connectivity index (χ2n) is 13.2. The first-order chi connectivity index (χ1) is 21.6. The lowest BCUT2D eigenvalue weighted by Crippen LogP contribution is -2.52. The number of hydrogen-bond donors (Lipinski definition) is 0. The van der Waals surface area contributed by atoms with Gasteiger partial charge in [0.05, 0.1) is 11.1 Å². The zero-order valence-electron chi connectivity index (χ0n) is 25.4. The Kier molecular flexibility index (Phi) is 5.50. The van der Waals surface area contributed by atoms with Crippen LogP contribution in [0.4, 0.5) is 5.82 Å². The van der Waals surface area contributed by atoms with Gasteiger partial charge in [-0.3, -0.25) is 9.89 Å². The van der Waals surface area contributed by atoms with Crippen molar-refractivity contribution < 1.29 is 0 Å². The van der Waals surface area contributed by atoms with E-state index in [1.54, 1.807) is 0 Å². The average Bonchev–Trinajstić information content (AvgIpc) is 3.38. The Balaban J connectivity index is 1.24. The summed E-state index contributed by atoms with van der Waals surface area (Å²) in [7, 11) is 0. The maximum absolute atomic E-state index is 5.25. The zero-order chi connectivity index (χ0) is 29.5. The highest BCUT2D eigenvalue weighted by atomic mass is 15.4. The molecule has 5 aromatic rings. The molecule has 0 unspecified atom stereocenters. The monoisotopic (exact) mass is 572 g/mol. The number of aliphatic imine (C=N–C) groups is 1. The quantitative estimate of drug-likeness (QED) is 0.211. The van der Waals surface area contributed by atoms with Crippen molar-refractivity contribution in [2.45, 2.75) is 37.5 Å². The van der Waals surface area contributed by atoms with E-state index < -0.39 is 0 Å². The lowest BCUT2D eigenvalue weighted by Gasteiger charge is -2.46. The summed E-state index contributed by atoms with van der Waals surface area (Å²) in [5, 5.41) is 0. The molecule has 44 heavy (non-hydrogen) atoms. The van der Waals surface area contributed by atoms with Crippen molar-refractivity contribution in [2.24, 2.45) is 4.99 Å². The third-order valence-corrected chi connectivity index (χ3v) is 10.5. The highest BCUT2D eigenvalue weighted by molar-refractivity contribution is 5.96. The van der Waals surface area contributed by atoms with E-state index >= 15 is 0 Å². The number of anilines is 1. The molecule has 0 radical (unpaired) electrons. The fourth-order valence-electron chi connectivity index (χ4n) is 8.60. The van der Waals surface area contributed by atoms with Gasteiger partial charge < -0.3 is 4.90 Å². The van der Waals surface area contributed by atoms with Gasteiger partial charge in [-0.05, 0) is 75.5 Å². The van der Waals surface area contributed by atoms with Crippen LogP contribution in [0.3, 0.4) is 0 Å². The Morgan fingerprint density at radius 3 is 2.02 bits per heavy atom. The molecule has 0 atom stereocenters. The fourth-order valence-corrected chi connectivity index (χ4v) is 8.60. The molecule has 4 aliphatic rings. The van der Waals surface area contributed by atoms with E-state index in [0.29, 0.717) is 0 Å². The molecule has 0 bridgehead atoms. The molecule has 9 rings (SSSR count). The summed E-state index contributed by atoms with van der Waals surface area (Å²) in [5.74, 6) is 2.08. The smallest absolute Gasteiger partial charge is 0.202 e. The Labute approximate surface area is 259 Å². The topological polar surface area (TPSA) is 31.7 Å². The molecule has 1 saturated heterocycles. The number of fused-ring (bicyclic) bond motifs is 10. The van der Waals surface area contributed by atoms with Gasteiger partial charge in [-0.15, -0.1) is 0 Å². The maximum atomic E-state index is 5.25. The molecule has 2 aliphatic heterocycles. The molecule has 0 N–H and O–H groups in total. The summed E-state index contributed by atoms with van der Waals surface area (Å²) in [4.78, 5) is 14.9. The van der Waals surface area contributed by atoms with Crippen molar-refractivity contribution >= 4 is 11.8 Å². The van der Waals surface area contributed by atoms with Crippen molar-refractivity contribution in [3.8, 4) is 22.4 Å². The first kappa shape index (κ1) is 25.8. The molecule has 4 heteroatoms.